The number of azide groups is 1. The quantitative estimate of drug-likeness (QED) is 0.277. The number of nitriles is 1. The van der Waals surface area contributed by atoms with Gasteiger partial charge in [0.25, 0.3) is 0 Å². The van der Waals surface area contributed by atoms with E-state index < -0.39 is 0 Å². The molecule has 92 valence electrons. The summed E-state index contributed by atoms with van der Waals surface area (Å²) in [6.45, 7) is 0.839. The van der Waals surface area contributed by atoms with Crippen LogP contribution in [0, 0.1) is 16.6 Å². The second-order valence-corrected chi connectivity index (χ2v) is 5.74. The maximum absolute atomic E-state index is 11.8. The Kier molecular flexibility index (Phi) is 4.04. The van der Waals surface area contributed by atoms with E-state index in [-0.39, 0.29) is 11.8 Å². The zero-order chi connectivity index (χ0) is 13.0. The van der Waals surface area contributed by atoms with Crippen LogP contribution < -0.4 is 4.90 Å². The maximum atomic E-state index is 11.8. The van der Waals surface area contributed by atoms with Crippen LogP contribution >= 0.6 is 23.1 Å². The van der Waals surface area contributed by atoms with E-state index in [1.165, 1.54) is 11.3 Å². The van der Waals surface area contributed by atoms with Gasteiger partial charge in [0.05, 0.1) is 10.4 Å². The van der Waals surface area contributed by atoms with Gasteiger partial charge in [0, 0.05) is 36.2 Å². The van der Waals surface area contributed by atoms with E-state index in [1.807, 2.05) is 5.40 Å². The normalized spacial score (nSPS) is 18.5. The second kappa shape index (κ2) is 5.73. The monoisotopic (exact) mass is 280 g/mol. The van der Waals surface area contributed by atoms with E-state index in [9.17, 15) is 4.79 Å². The summed E-state index contributed by atoms with van der Waals surface area (Å²) in [6, 6.07) is 0. The molecule has 2 heterocycles. The smallest absolute Gasteiger partial charge is 0.229 e. The molecule has 0 radical (unpaired) electrons. The first-order valence-electron chi connectivity index (χ1n) is 5.07. The highest BCUT2D eigenvalue weighted by Gasteiger charge is 2.31. The minimum Gasteiger partial charge on any atom is -0.288 e. The highest BCUT2D eigenvalue weighted by atomic mass is 32.2. The molecule has 1 aliphatic heterocycles. The summed E-state index contributed by atoms with van der Waals surface area (Å²) in [5.41, 5.74) is 8.25. The van der Waals surface area contributed by atoms with Crippen LogP contribution in [0.2, 0.25) is 0 Å². The van der Waals surface area contributed by atoms with Crippen molar-refractivity contribution in [3.63, 3.8) is 0 Å². The van der Waals surface area contributed by atoms with Crippen molar-refractivity contribution in [1.82, 2.24) is 4.98 Å². The Hall–Kier alpha value is -1.75. The maximum Gasteiger partial charge on any atom is 0.229 e. The van der Waals surface area contributed by atoms with Gasteiger partial charge in [-0.2, -0.15) is 5.26 Å². The average molecular weight is 280 g/mol. The first-order valence-corrected chi connectivity index (χ1v) is 6.71. The topological polar surface area (TPSA) is 106 Å². The van der Waals surface area contributed by atoms with Gasteiger partial charge >= 0.3 is 0 Å². The number of thiazole rings is 1. The SMILES string of the molecule is N#CSc1cnc(N2CC(CN=[N+]=[N-])CC2=O)s1. The molecule has 1 amide bonds. The van der Waals surface area contributed by atoms with Gasteiger partial charge in [0.1, 0.15) is 5.40 Å². The van der Waals surface area contributed by atoms with Crippen LogP contribution in [-0.4, -0.2) is 24.0 Å². The molecule has 0 bridgehead atoms. The van der Waals surface area contributed by atoms with Crippen LogP contribution in [0.4, 0.5) is 5.13 Å². The van der Waals surface area contributed by atoms with Crippen molar-refractivity contribution in [1.29, 1.82) is 5.26 Å². The number of amides is 1. The Morgan fingerprint density at radius 3 is 3.39 bits per heavy atom. The molecular formula is C9H8N6OS2. The number of rotatable bonds is 4. The predicted octanol–water partition coefficient (Wildman–Crippen LogP) is 2.38. The van der Waals surface area contributed by atoms with Gasteiger partial charge in [-0.05, 0) is 11.4 Å². The second-order valence-electron chi connectivity index (χ2n) is 3.64. The first-order chi connectivity index (χ1) is 8.74. The van der Waals surface area contributed by atoms with Crippen molar-refractivity contribution >= 4 is 34.1 Å². The summed E-state index contributed by atoms with van der Waals surface area (Å²) in [5, 5.41) is 14.6. The molecule has 0 spiro atoms. The Labute approximate surface area is 111 Å². The molecule has 7 nitrogen and oxygen atoms in total. The first kappa shape index (κ1) is 12.7. The summed E-state index contributed by atoms with van der Waals surface area (Å²) in [6.07, 6.45) is 1.96. The third-order valence-corrected chi connectivity index (χ3v) is 4.17. The van der Waals surface area contributed by atoms with Gasteiger partial charge in [-0.1, -0.05) is 16.5 Å². The van der Waals surface area contributed by atoms with Gasteiger partial charge in [0.15, 0.2) is 5.13 Å². The Bertz CT molecular complexity index is 543. The zero-order valence-electron chi connectivity index (χ0n) is 9.18. The lowest BCUT2D eigenvalue weighted by Gasteiger charge is -2.11. The fourth-order valence-electron chi connectivity index (χ4n) is 1.71. The van der Waals surface area contributed by atoms with Gasteiger partial charge in [-0.15, -0.1) is 0 Å². The molecular weight excluding hydrogens is 272 g/mol. The van der Waals surface area contributed by atoms with Gasteiger partial charge in [-0.25, -0.2) is 4.98 Å². The standard InChI is InChI=1S/C9H8N6OS2/c10-5-17-8-3-12-9(18-8)15-4-6(1-7(15)16)2-13-14-11/h3,6H,1-2,4H2. The lowest BCUT2D eigenvalue weighted by Crippen LogP contribution is -2.24. The highest BCUT2D eigenvalue weighted by molar-refractivity contribution is 8.05. The number of hydrogen-bond acceptors (Lipinski definition) is 6. The van der Waals surface area contributed by atoms with E-state index in [0.29, 0.717) is 24.6 Å². The summed E-state index contributed by atoms with van der Waals surface area (Å²) in [7, 11) is 0. The molecule has 0 aliphatic carbocycles. The van der Waals surface area contributed by atoms with Crippen LogP contribution in [0.3, 0.4) is 0 Å². The fraction of sp³-hybridized carbons (Fsp3) is 0.444. The Morgan fingerprint density at radius 2 is 2.67 bits per heavy atom. The van der Waals surface area contributed by atoms with Crippen LogP contribution in [0.5, 0.6) is 0 Å². The largest absolute Gasteiger partial charge is 0.288 e. The fourth-order valence-corrected chi connectivity index (χ4v) is 3.08. The van der Waals surface area contributed by atoms with Crippen LogP contribution in [-0.2, 0) is 4.79 Å². The predicted molar refractivity (Wildman–Crippen MR) is 68.1 cm³/mol. The summed E-state index contributed by atoms with van der Waals surface area (Å²) < 4.78 is 0.763. The number of thioether (sulfide) groups is 1. The van der Waals surface area contributed by atoms with E-state index in [0.717, 1.165) is 16.0 Å². The number of hydrogen-bond donors (Lipinski definition) is 0. The van der Waals surface area contributed by atoms with Gasteiger partial charge in [0.2, 0.25) is 5.91 Å². The van der Waals surface area contributed by atoms with Crippen molar-refractivity contribution in [2.75, 3.05) is 18.0 Å². The summed E-state index contributed by atoms with van der Waals surface area (Å²) >= 11 is 2.34. The number of thiocyanates is 1. The molecule has 1 aromatic rings. The molecule has 0 saturated carbocycles. The molecule has 0 N–H and O–H groups in total. The molecule has 1 fully saturated rings. The van der Waals surface area contributed by atoms with E-state index >= 15 is 0 Å². The Morgan fingerprint density at radius 1 is 1.83 bits per heavy atom. The molecule has 18 heavy (non-hydrogen) atoms. The Balaban J connectivity index is 2.06. The van der Waals surface area contributed by atoms with Crippen molar-refractivity contribution in [3.8, 4) is 5.40 Å². The molecule has 9 heteroatoms. The number of anilines is 1. The van der Waals surface area contributed by atoms with Gasteiger partial charge < -0.3 is 0 Å². The lowest BCUT2D eigenvalue weighted by atomic mass is 10.1. The molecule has 1 saturated heterocycles. The van der Waals surface area contributed by atoms with Crippen molar-refractivity contribution in [2.45, 2.75) is 10.6 Å². The minimum absolute atomic E-state index is 0.0176. The summed E-state index contributed by atoms with van der Waals surface area (Å²) in [4.78, 5) is 20.2. The average Bonchev–Trinajstić information content (AvgIpc) is 2.94. The third-order valence-electron chi connectivity index (χ3n) is 2.46. The molecule has 1 aliphatic rings. The van der Waals surface area contributed by atoms with Crippen molar-refractivity contribution < 1.29 is 4.79 Å². The molecule has 1 unspecified atom stereocenters. The third kappa shape index (κ3) is 2.73. The zero-order valence-corrected chi connectivity index (χ0v) is 10.8. The number of nitrogens with zero attached hydrogens (tertiary/aromatic N) is 6. The van der Waals surface area contributed by atoms with E-state index in [1.54, 1.807) is 11.1 Å². The van der Waals surface area contributed by atoms with Crippen molar-refractivity contribution in [2.24, 2.45) is 11.0 Å². The van der Waals surface area contributed by atoms with Crippen LogP contribution in [0.1, 0.15) is 6.42 Å². The molecule has 1 atom stereocenters. The van der Waals surface area contributed by atoms with Crippen LogP contribution in [0.15, 0.2) is 15.5 Å². The molecule has 0 aromatic carbocycles. The summed E-state index contributed by atoms with van der Waals surface area (Å²) in [5.74, 6) is 0.0281. The number of carbonyl (C=O) groups is 1. The highest BCUT2D eigenvalue weighted by Crippen LogP contribution is 2.33. The number of aromatic nitrogens is 1. The number of carbonyl (C=O) groups excluding carboxylic acids is 1. The van der Waals surface area contributed by atoms with E-state index in [4.69, 9.17) is 10.8 Å². The van der Waals surface area contributed by atoms with Crippen molar-refractivity contribution in [3.05, 3.63) is 16.6 Å². The minimum atomic E-state index is -0.0176. The van der Waals surface area contributed by atoms with Gasteiger partial charge in [-0.3, -0.25) is 9.69 Å². The van der Waals surface area contributed by atoms with E-state index in [2.05, 4.69) is 15.0 Å². The molecule has 1 aromatic heterocycles. The molecule has 2 rings (SSSR count). The van der Waals surface area contributed by atoms with Crippen LogP contribution in [0.25, 0.3) is 10.4 Å². The lowest BCUT2D eigenvalue weighted by molar-refractivity contribution is -0.117.